The van der Waals surface area contributed by atoms with E-state index >= 15 is 0 Å². The Morgan fingerprint density at radius 2 is 1.91 bits per heavy atom. The zero-order chi connectivity index (χ0) is 24.7. The highest BCUT2D eigenvalue weighted by Crippen LogP contribution is 2.40. The third kappa shape index (κ3) is 6.96. The SMILES string of the molecule is CCCC(=O)N=C1S/C(=C\c2ccc(OCc3ccc(I)cc3)c(Br)c2)C(O)=C1C(=O)OCC. The van der Waals surface area contributed by atoms with Crippen LogP contribution in [0.3, 0.4) is 0 Å². The number of benzene rings is 2. The van der Waals surface area contributed by atoms with Crippen LogP contribution in [0.15, 0.2) is 68.2 Å². The second-order valence-electron chi connectivity index (χ2n) is 7.22. The molecule has 0 unspecified atom stereocenters. The summed E-state index contributed by atoms with van der Waals surface area (Å²) in [4.78, 5) is 28.9. The van der Waals surface area contributed by atoms with E-state index in [-0.39, 0.29) is 35.3 Å². The van der Waals surface area contributed by atoms with Gasteiger partial charge < -0.3 is 14.6 Å². The predicted molar refractivity (Wildman–Crippen MR) is 147 cm³/mol. The molecule has 0 saturated heterocycles. The van der Waals surface area contributed by atoms with E-state index in [1.54, 1.807) is 13.0 Å². The normalized spacial score (nSPS) is 15.8. The Kier molecular flexibility index (Phi) is 9.78. The van der Waals surface area contributed by atoms with Crippen molar-refractivity contribution in [3.05, 3.63) is 77.9 Å². The van der Waals surface area contributed by atoms with Gasteiger partial charge >= 0.3 is 5.97 Å². The number of aliphatic hydroxyl groups is 1. The topological polar surface area (TPSA) is 85.2 Å². The Hall–Kier alpha value is -2.11. The summed E-state index contributed by atoms with van der Waals surface area (Å²) in [5.74, 6) is -0.626. The van der Waals surface area contributed by atoms with E-state index in [2.05, 4.69) is 43.5 Å². The number of aliphatic hydroxyl groups excluding tert-OH is 1. The molecule has 1 amide bonds. The summed E-state index contributed by atoms with van der Waals surface area (Å²) in [5.41, 5.74) is 1.75. The number of esters is 1. The number of amides is 1. The van der Waals surface area contributed by atoms with Crippen LogP contribution in [0, 0.1) is 3.57 Å². The van der Waals surface area contributed by atoms with Crippen LogP contribution in [-0.4, -0.2) is 28.6 Å². The van der Waals surface area contributed by atoms with Gasteiger partial charge in [0.1, 0.15) is 28.7 Å². The molecule has 0 aromatic heterocycles. The number of aliphatic imine (C=N–C) groups is 1. The minimum absolute atomic E-state index is 0.0842. The number of thioether (sulfide) groups is 1. The lowest BCUT2D eigenvalue weighted by molar-refractivity contribution is -0.138. The summed E-state index contributed by atoms with van der Waals surface area (Å²) < 4.78 is 12.9. The molecule has 1 aliphatic heterocycles. The lowest BCUT2D eigenvalue weighted by Crippen LogP contribution is -2.14. The minimum Gasteiger partial charge on any atom is -0.506 e. The van der Waals surface area contributed by atoms with Crippen molar-refractivity contribution >= 4 is 73.3 Å². The first-order valence-corrected chi connectivity index (χ1v) is 13.3. The third-order valence-corrected chi connectivity index (χ3v) is 6.98. The molecule has 0 radical (unpaired) electrons. The molecule has 6 nitrogen and oxygen atoms in total. The van der Waals surface area contributed by atoms with Gasteiger partial charge in [-0.15, -0.1) is 0 Å². The van der Waals surface area contributed by atoms with Crippen molar-refractivity contribution in [1.29, 1.82) is 0 Å². The zero-order valence-corrected chi connectivity index (χ0v) is 23.2. The molecule has 0 fully saturated rings. The quantitative estimate of drug-likeness (QED) is 0.248. The standard InChI is InChI=1S/C25H23BrINO5S/c1-3-5-21(29)28-24-22(25(31)32-4-2)23(30)20(34-24)13-16-8-11-19(18(26)12-16)33-14-15-6-9-17(27)10-7-15/h6-13,30H,3-5,14H2,1-2H3/b20-13-,28-24?. The van der Waals surface area contributed by atoms with Gasteiger partial charge in [0.15, 0.2) is 0 Å². The first-order chi connectivity index (χ1) is 16.3. The maximum atomic E-state index is 12.4. The fraction of sp³-hybridized carbons (Fsp3) is 0.240. The zero-order valence-electron chi connectivity index (χ0n) is 18.6. The van der Waals surface area contributed by atoms with Gasteiger partial charge in [0.05, 0.1) is 16.0 Å². The molecule has 1 heterocycles. The van der Waals surface area contributed by atoms with Crippen molar-refractivity contribution < 1.29 is 24.2 Å². The fourth-order valence-electron chi connectivity index (χ4n) is 2.99. The van der Waals surface area contributed by atoms with Crippen LogP contribution in [0.25, 0.3) is 6.08 Å². The van der Waals surface area contributed by atoms with Crippen molar-refractivity contribution in [2.75, 3.05) is 6.61 Å². The van der Waals surface area contributed by atoms with Crippen molar-refractivity contribution in [1.82, 2.24) is 0 Å². The molecule has 178 valence electrons. The molecule has 0 spiro atoms. The lowest BCUT2D eigenvalue weighted by Gasteiger charge is -2.09. The van der Waals surface area contributed by atoms with E-state index in [1.807, 2.05) is 49.4 Å². The Balaban J connectivity index is 1.83. The first kappa shape index (κ1) is 26.5. The molecule has 0 bridgehead atoms. The van der Waals surface area contributed by atoms with Crippen molar-refractivity contribution in [3.8, 4) is 5.75 Å². The highest BCUT2D eigenvalue weighted by atomic mass is 127. The Bertz CT molecular complexity index is 1170. The number of hydrogen-bond donors (Lipinski definition) is 1. The summed E-state index contributed by atoms with van der Waals surface area (Å²) in [7, 11) is 0. The molecule has 0 atom stereocenters. The summed E-state index contributed by atoms with van der Waals surface area (Å²) in [5, 5.41) is 10.9. The van der Waals surface area contributed by atoms with Crippen LogP contribution in [0.4, 0.5) is 0 Å². The number of ether oxygens (including phenoxy) is 2. The molecule has 9 heteroatoms. The van der Waals surface area contributed by atoms with Crippen molar-refractivity contribution in [2.45, 2.75) is 33.3 Å². The average molecular weight is 656 g/mol. The maximum Gasteiger partial charge on any atom is 0.344 e. The Morgan fingerprint density at radius 1 is 1.18 bits per heavy atom. The van der Waals surface area contributed by atoms with Gasteiger partial charge in [0.25, 0.3) is 0 Å². The number of hydrogen-bond acceptors (Lipinski definition) is 6. The van der Waals surface area contributed by atoms with Gasteiger partial charge in [-0.2, -0.15) is 0 Å². The third-order valence-electron chi connectivity index (χ3n) is 4.62. The van der Waals surface area contributed by atoms with Gasteiger partial charge in [-0.25, -0.2) is 9.79 Å². The summed E-state index contributed by atoms with van der Waals surface area (Å²) in [6.07, 6.45) is 2.62. The van der Waals surface area contributed by atoms with E-state index in [0.717, 1.165) is 30.9 Å². The minimum atomic E-state index is -0.709. The van der Waals surface area contributed by atoms with Crippen LogP contribution in [0.2, 0.25) is 0 Å². The van der Waals surface area contributed by atoms with Gasteiger partial charge in [-0.1, -0.05) is 36.9 Å². The van der Waals surface area contributed by atoms with E-state index in [1.165, 1.54) is 0 Å². The molecule has 1 aliphatic rings. The monoisotopic (exact) mass is 655 g/mol. The van der Waals surface area contributed by atoms with E-state index in [0.29, 0.717) is 23.7 Å². The molecular formula is C25H23BrINO5S. The smallest absolute Gasteiger partial charge is 0.344 e. The molecule has 1 N–H and O–H groups in total. The van der Waals surface area contributed by atoms with Crippen molar-refractivity contribution in [2.24, 2.45) is 4.99 Å². The number of rotatable bonds is 8. The highest BCUT2D eigenvalue weighted by molar-refractivity contribution is 14.1. The summed E-state index contributed by atoms with van der Waals surface area (Å²) >= 11 is 6.86. The fourth-order valence-corrected chi connectivity index (χ4v) is 4.89. The maximum absolute atomic E-state index is 12.4. The second kappa shape index (κ2) is 12.6. The first-order valence-electron chi connectivity index (χ1n) is 10.6. The molecular weight excluding hydrogens is 633 g/mol. The number of nitrogens with zero attached hydrogens (tertiary/aromatic N) is 1. The molecule has 2 aromatic carbocycles. The number of halogens is 2. The van der Waals surface area contributed by atoms with Crippen LogP contribution in [-0.2, 0) is 20.9 Å². The van der Waals surface area contributed by atoms with Crippen LogP contribution < -0.4 is 4.74 Å². The highest BCUT2D eigenvalue weighted by Gasteiger charge is 2.33. The van der Waals surface area contributed by atoms with Gasteiger partial charge in [-0.3, -0.25) is 4.79 Å². The molecule has 0 aliphatic carbocycles. The Labute approximate surface area is 224 Å². The van der Waals surface area contributed by atoms with Crippen LogP contribution >= 0.6 is 50.3 Å². The predicted octanol–water partition coefficient (Wildman–Crippen LogP) is 6.82. The molecule has 2 aromatic rings. The van der Waals surface area contributed by atoms with Crippen LogP contribution in [0.5, 0.6) is 5.75 Å². The molecule has 0 saturated carbocycles. The summed E-state index contributed by atoms with van der Waals surface area (Å²) in [6, 6.07) is 13.6. The lowest BCUT2D eigenvalue weighted by atomic mass is 10.1. The van der Waals surface area contributed by atoms with E-state index < -0.39 is 5.97 Å². The number of carbonyl (C=O) groups is 2. The van der Waals surface area contributed by atoms with Crippen LogP contribution in [0.1, 0.15) is 37.8 Å². The summed E-state index contributed by atoms with van der Waals surface area (Å²) in [6.45, 7) is 4.12. The molecule has 3 rings (SSSR count). The average Bonchev–Trinajstić information content (AvgIpc) is 3.09. The number of carbonyl (C=O) groups excluding carboxylic acids is 2. The molecule has 34 heavy (non-hydrogen) atoms. The van der Waals surface area contributed by atoms with E-state index in [9.17, 15) is 14.7 Å². The largest absolute Gasteiger partial charge is 0.506 e. The van der Waals surface area contributed by atoms with Gasteiger partial charge in [0.2, 0.25) is 5.91 Å². The Morgan fingerprint density at radius 3 is 2.56 bits per heavy atom. The van der Waals surface area contributed by atoms with E-state index in [4.69, 9.17) is 9.47 Å². The van der Waals surface area contributed by atoms with Crippen molar-refractivity contribution in [3.63, 3.8) is 0 Å². The van der Waals surface area contributed by atoms with Gasteiger partial charge in [-0.05, 0) is 93.3 Å². The second-order valence-corrected chi connectivity index (χ2v) is 10.4. The van der Waals surface area contributed by atoms with Gasteiger partial charge in [0, 0.05) is 9.99 Å².